The highest BCUT2D eigenvalue weighted by Gasteiger charge is 2.39. The highest BCUT2D eigenvalue weighted by Crippen LogP contribution is 2.47. The predicted octanol–water partition coefficient (Wildman–Crippen LogP) is 22.7. The lowest BCUT2D eigenvalue weighted by molar-refractivity contribution is 0.0877. The Morgan fingerprint density at radius 3 is 0.908 bits per heavy atom. The van der Waals surface area contributed by atoms with Crippen molar-refractivity contribution >= 4 is 98.0 Å². The largest absolute Gasteiger partial charge is 0.301 e. The third-order valence-corrected chi connectivity index (χ3v) is 25.2. The van der Waals surface area contributed by atoms with Gasteiger partial charge >= 0.3 is 0 Å². The summed E-state index contributed by atoms with van der Waals surface area (Å²) in [6.07, 6.45) is 46.1. The molecule has 2 heterocycles. The van der Waals surface area contributed by atoms with E-state index in [1.807, 2.05) is 24.3 Å². The van der Waals surface area contributed by atoms with Crippen molar-refractivity contribution in [1.82, 2.24) is 9.62 Å². The molecule has 0 bridgehead atoms. The monoisotopic (exact) mass is 1370 g/mol. The molecule has 7 aromatic rings. The summed E-state index contributed by atoms with van der Waals surface area (Å²) in [4.78, 5) is 61.9. The maximum Gasteiger partial charge on any atom is 0.265 e. The van der Waals surface area contributed by atoms with Crippen molar-refractivity contribution in [1.29, 1.82) is 0 Å². The Balaban J connectivity index is 0.892. The number of rotatable bonds is 50. The van der Waals surface area contributed by atoms with Crippen molar-refractivity contribution < 1.29 is 36.0 Å². The van der Waals surface area contributed by atoms with Gasteiger partial charge in [0.1, 0.15) is 5.37 Å². The van der Waals surface area contributed by atoms with Gasteiger partial charge in [0, 0.05) is 46.1 Å². The summed E-state index contributed by atoms with van der Waals surface area (Å²) < 4.78 is 59.9. The third-order valence-electron chi connectivity index (χ3n) is 21.2. The lowest BCUT2D eigenvalue weighted by Crippen LogP contribution is -2.40. The van der Waals surface area contributed by atoms with Crippen LogP contribution in [0.3, 0.4) is 0 Å². The van der Waals surface area contributed by atoms with Crippen molar-refractivity contribution in [3.8, 4) is 0 Å². The van der Waals surface area contributed by atoms with Crippen molar-refractivity contribution in [3.05, 3.63) is 119 Å². The number of carbonyl (C=O) groups is 4. The second kappa shape index (κ2) is 38.7. The SMILES string of the molecule is CCCCCCCCCCCCNC(CCCCCCCCCCC)S(=O)(=O)c1ccc(N2C(=O)c3ccc4c5ccc6c7c(ccc(c8ccc(c3c48)C2=O)c75)C(=O)N(c2ccc(S(=O)(=O)N(CCCCCCCCCCCC)CCCCCCCCCCCC)cc2)C6=O)cc1. The van der Waals surface area contributed by atoms with Crippen LogP contribution in [0.4, 0.5) is 11.4 Å². The van der Waals surface area contributed by atoms with E-state index in [2.05, 4.69) is 33.0 Å². The Morgan fingerprint density at radius 1 is 0.316 bits per heavy atom. The summed E-state index contributed by atoms with van der Waals surface area (Å²) in [6.45, 7) is 10.5. The van der Waals surface area contributed by atoms with Gasteiger partial charge in [-0.2, -0.15) is 4.31 Å². The Labute approximate surface area is 588 Å². The molecule has 12 nitrogen and oxygen atoms in total. The van der Waals surface area contributed by atoms with Gasteiger partial charge in [0.2, 0.25) is 10.0 Å². The first kappa shape index (κ1) is 76.1. The van der Waals surface area contributed by atoms with Gasteiger partial charge < -0.3 is 5.32 Å². The molecule has 0 fully saturated rings. The van der Waals surface area contributed by atoms with Crippen LogP contribution >= 0.6 is 0 Å². The molecule has 2 aliphatic heterocycles. The number of carbonyl (C=O) groups excluding carboxylic acids is 4. The number of unbranched alkanes of at least 4 members (excludes halogenated alkanes) is 35. The van der Waals surface area contributed by atoms with Crippen LogP contribution in [0.1, 0.15) is 326 Å². The van der Waals surface area contributed by atoms with E-state index in [1.54, 1.807) is 52.8 Å². The minimum absolute atomic E-state index is 0.137. The molecule has 1 N–H and O–H groups in total. The van der Waals surface area contributed by atoms with E-state index in [9.17, 15) is 36.0 Å². The van der Waals surface area contributed by atoms with Gasteiger partial charge in [-0.25, -0.2) is 26.6 Å². The number of hydrogen-bond donors (Lipinski definition) is 1. The summed E-state index contributed by atoms with van der Waals surface area (Å²) in [6, 6.07) is 26.9. The van der Waals surface area contributed by atoms with E-state index in [0.717, 1.165) is 126 Å². The van der Waals surface area contributed by atoms with E-state index >= 15 is 0 Å². The van der Waals surface area contributed by atoms with E-state index in [1.165, 1.54) is 191 Å². The fourth-order valence-corrected chi connectivity index (χ4v) is 18.6. The van der Waals surface area contributed by atoms with Crippen LogP contribution < -0.4 is 15.1 Å². The molecule has 14 heteroatoms. The molecule has 7 aromatic carbocycles. The lowest BCUT2D eigenvalue weighted by atomic mass is 9.82. The number of sulfonamides is 1. The molecule has 0 aliphatic carbocycles. The molecular formula is C84H116N4O8S2. The standard InChI is InChI=1S/C84H116N4O8S2/c1-5-9-13-17-21-25-29-33-37-41-61-85-76(44-40-36-32-28-24-20-16-12-8-4)97(93,94)66-49-45-64(46-50-66)87-81(89)72-57-53-68-70-55-59-74-80-75(60-56-71(78(70)80)69-54-58-73(82(87)90)79(72)77(68)69)84(92)88(83(74)91)65-47-51-67(52-48-65)98(95,96)86(62-42-38-34-30-26-22-18-14-10-6-2)63-43-39-35-31-27-23-19-15-11-7-3/h45-60,76,85H,5-44,61-63H2,1-4H3. The number of nitrogens with one attached hydrogen (secondary N) is 1. The second-order valence-corrected chi connectivity index (χ2v) is 32.6. The van der Waals surface area contributed by atoms with Crippen LogP contribution in [-0.4, -0.2) is 69.8 Å². The molecule has 1 atom stereocenters. The Bertz CT molecular complexity index is 3800. The van der Waals surface area contributed by atoms with Crippen LogP contribution in [0.25, 0.3) is 43.1 Å². The van der Waals surface area contributed by atoms with Crippen LogP contribution in [0.5, 0.6) is 0 Å². The Kier molecular flexibility index (Phi) is 30.0. The van der Waals surface area contributed by atoms with E-state index in [0.29, 0.717) is 59.1 Å². The van der Waals surface area contributed by atoms with E-state index in [-0.39, 0.29) is 21.2 Å². The van der Waals surface area contributed by atoms with Crippen LogP contribution in [0.2, 0.25) is 0 Å². The fourth-order valence-electron chi connectivity index (χ4n) is 15.4. The first-order valence-corrected chi connectivity index (χ1v) is 41.9. The second-order valence-electron chi connectivity index (χ2n) is 28.6. The van der Waals surface area contributed by atoms with Gasteiger partial charge in [-0.1, -0.05) is 283 Å². The number of benzene rings is 7. The van der Waals surface area contributed by atoms with Gasteiger partial charge in [0.05, 0.1) is 21.2 Å². The molecule has 0 saturated carbocycles. The minimum Gasteiger partial charge on any atom is -0.301 e. The predicted molar refractivity (Wildman–Crippen MR) is 408 cm³/mol. The number of imide groups is 2. The zero-order chi connectivity index (χ0) is 69.3. The Morgan fingerprint density at radius 2 is 0.592 bits per heavy atom. The molecule has 532 valence electrons. The molecule has 4 amide bonds. The Hall–Kier alpha value is -6.06. The van der Waals surface area contributed by atoms with Crippen molar-refractivity contribution in [2.75, 3.05) is 29.4 Å². The highest BCUT2D eigenvalue weighted by molar-refractivity contribution is 7.92. The zero-order valence-electron chi connectivity index (χ0n) is 60.1. The molecule has 0 radical (unpaired) electrons. The number of fused-ring (bicyclic) bond motifs is 2. The van der Waals surface area contributed by atoms with Gasteiger partial charge in [-0.15, -0.1) is 0 Å². The summed E-state index contributed by atoms with van der Waals surface area (Å²) in [5.74, 6) is -2.08. The first-order chi connectivity index (χ1) is 47.8. The van der Waals surface area contributed by atoms with Gasteiger partial charge in [-0.05, 0) is 137 Å². The first-order valence-electron chi connectivity index (χ1n) is 38.9. The third kappa shape index (κ3) is 18.9. The van der Waals surface area contributed by atoms with Gasteiger partial charge in [0.15, 0.2) is 9.84 Å². The minimum atomic E-state index is -3.89. The topological polar surface area (TPSA) is 158 Å². The zero-order valence-corrected chi connectivity index (χ0v) is 61.8. The molecule has 0 saturated heterocycles. The maximum absolute atomic E-state index is 14.8. The lowest BCUT2D eigenvalue weighted by Gasteiger charge is -2.30. The van der Waals surface area contributed by atoms with E-state index in [4.69, 9.17) is 0 Å². The van der Waals surface area contributed by atoms with E-state index < -0.39 is 48.9 Å². The average Bonchev–Trinajstić information content (AvgIpc) is 0.691. The normalized spacial score (nSPS) is 13.9. The van der Waals surface area contributed by atoms with Gasteiger partial charge in [-0.3, -0.25) is 19.2 Å². The summed E-state index contributed by atoms with van der Waals surface area (Å²) in [5, 5.41) is 8.20. The fraction of sp³-hybridized carbons (Fsp3) is 0.571. The van der Waals surface area contributed by atoms with Gasteiger partial charge in [0.25, 0.3) is 23.6 Å². The molecule has 0 aromatic heterocycles. The molecule has 1 unspecified atom stereocenters. The van der Waals surface area contributed by atoms with Crippen LogP contribution in [0, 0.1) is 0 Å². The average molecular weight is 1370 g/mol. The number of nitrogens with zero attached hydrogens (tertiary/aromatic N) is 3. The highest BCUT2D eigenvalue weighted by atomic mass is 32.2. The quantitative estimate of drug-likeness (QED) is 0.0170. The molecule has 9 rings (SSSR count). The summed E-state index contributed by atoms with van der Waals surface area (Å²) in [7, 11) is -7.72. The maximum atomic E-state index is 14.8. The molecule has 0 spiro atoms. The molecule has 2 aliphatic rings. The van der Waals surface area contributed by atoms with Crippen LogP contribution in [0.15, 0.2) is 107 Å². The summed E-state index contributed by atoms with van der Waals surface area (Å²) >= 11 is 0. The molecular weight excluding hydrogens is 1260 g/mol. The van der Waals surface area contributed by atoms with Crippen molar-refractivity contribution in [3.63, 3.8) is 0 Å². The number of hydrogen-bond acceptors (Lipinski definition) is 9. The molecule has 98 heavy (non-hydrogen) atoms. The smallest absolute Gasteiger partial charge is 0.265 e. The van der Waals surface area contributed by atoms with Crippen molar-refractivity contribution in [2.24, 2.45) is 0 Å². The number of anilines is 2. The number of amides is 4. The van der Waals surface area contributed by atoms with Crippen LogP contribution in [-0.2, 0) is 19.9 Å². The number of sulfone groups is 1. The summed E-state index contributed by atoms with van der Waals surface area (Å²) in [5.41, 5.74) is 1.88. The van der Waals surface area contributed by atoms with Crippen molar-refractivity contribution in [2.45, 2.75) is 300 Å².